The largest absolute Gasteiger partial charge is 0.507 e. The Morgan fingerprint density at radius 1 is 1.00 bits per heavy atom. The Morgan fingerprint density at radius 3 is 2.11 bits per heavy atom. The van der Waals surface area contributed by atoms with Gasteiger partial charge in [0.1, 0.15) is 5.75 Å². The summed E-state index contributed by atoms with van der Waals surface area (Å²) in [5.41, 5.74) is 5.68. The first-order valence-corrected chi connectivity index (χ1v) is 9.36. The zero-order valence-corrected chi connectivity index (χ0v) is 16.8. The SMILES string of the molecule is C=C(C(=O)O)c1cccc(-c2cc3c(cc2C)C(C)(C)CCC3(C)C)c1O. The minimum absolute atomic E-state index is 0.0270. The molecule has 3 heteroatoms. The smallest absolute Gasteiger partial charge is 0.335 e. The number of rotatable bonds is 3. The Bertz CT molecular complexity index is 948. The van der Waals surface area contributed by atoms with Crippen LogP contribution in [0.5, 0.6) is 5.75 Å². The first kappa shape index (κ1) is 19.2. The van der Waals surface area contributed by atoms with Crippen LogP contribution in [-0.4, -0.2) is 16.2 Å². The van der Waals surface area contributed by atoms with Gasteiger partial charge in [0, 0.05) is 11.1 Å². The highest BCUT2D eigenvalue weighted by atomic mass is 16.4. The summed E-state index contributed by atoms with van der Waals surface area (Å²) in [4.78, 5) is 11.3. The molecule has 0 aliphatic heterocycles. The van der Waals surface area contributed by atoms with Crippen LogP contribution in [0.2, 0.25) is 0 Å². The molecule has 1 aliphatic rings. The quantitative estimate of drug-likeness (QED) is 0.675. The second-order valence-electron chi connectivity index (χ2n) is 8.97. The number of aromatic hydroxyl groups is 1. The maximum absolute atomic E-state index is 11.3. The van der Waals surface area contributed by atoms with Crippen molar-refractivity contribution in [1.82, 2.24) is 0 Å². The summed E-state index contributed by atoms with van der Waals surface area (Å²) in [6.07, 6.45) is 2.25. The first-order valence-electron chi connectivity index (χ1n) is 9.36. The van der Waals surface area contributed by atoms with E-state index < -0.39 is 5.97 Å². The Balaban J connectivity index is 2.25. The maximum atomic E-state index is 11.3. The molecule has 0 heterocycles. The van der Waals surface area contributed by atoms with Gasteiger partial charge in [0.15, 0.2) is 0 Å². The molecule has 3 nitrogen and oxygen atoms in total. The van der Waals surface area contributed by atoms with Crippen LogP contribution in [0, 0.1) is 6.92 Å². The number of carboxylic acids is 1. The molecule has 0 bridgehead atoms. The van der Waals surface area contributed by atoms with E-state index in [0.29, 0.717) is 5.56 Å². The van der Waals surface area contributed by atoms with Crippen molar-refractivity contribution in [2.45, 2.75) is 58.3 Å². The fourth-order valence-electron chi connectivity index (χ4n) is 4.13. The third kappa shape index (κ3) is 3.16. The summed E-state index contributed by atoms with van der Waals surface area (Å²) >= 11 is 0. The van der Waals surface area contributed by atoms with E-state index in [4.69, 9.17) is 0 Å². The van der Waals surface area contributed by atoms with Crippen molar-refractivity contribution in [3.63, 3.8) is 0 Å². The van der Waals surface area contributed by atoms with Gasteiger partial charge in [-0.2, -0.15) is 0 Å². The molecule has 0 fully saturated rings. The maximum Gasteiger partial charge on any atom is 0.335 e. The molecule has 0 saturated heterocycles. The lowest BCUT2D eigenvalue weighted by molar-refractivity contribution is -0.130. The molecule has 0 unspecified atom stereocenters. The normalized spacial score (nSPS) is 17.2. The Kier molecular flexibility index (Phi) is 4.46. The summed E-state index contributed by atoms with van der Waals surface area (Å²) < 4.78 is 0. The second kappa shape index (κ2) is 6.26. The Hall–Kier alpha value is -2.55. The van der Waals surface area contributed by atoms with E-state index in [1.54, 1.807) is 12.1 Å². The molecule has 2 aromatic carbocycles. The van der Waals surface area contributed by atoms with E-state index in [1.165, 1.54) is 11.1 Å². The van der Waals surface area contributed by atoms with Crippen LogP contribution in [0.1, 0.15) is 62.8 Å². The number of aliphatic carboxylic acids is 1. The second-order valence-corrected chi connectivity index (χ2v) is 8.97. The number of hydrogen-bond acceptors (Lipinski definition) is 2. The van der Waals surface area contributed by atoms with Gasteiger partial charge in [0.2, 0.25) is 0 Å². The van der Waals surface area contributed by atoms with Crippen molar-refractivity contribution in [2.75, 3.05) is 0 Å². The molecule has 2 aromatic rings. The zero-order chi connectivity index (χ0) is 20.1. The summed E-state index contributed by atoms with van der Waals surface area (Å²) in [5.74, 6) is -1.16. The van der Waals surface area contributed by atoms with E-state index >= 15 is 0 Å². The molecule has 1 aliphatic carbocycles. The molecule has 27 heavy (non-hydrogen) atoms. The average molecular weight is 364 g/mol. The third-order valence-corrected chi connectivity index (χ3v) is 6.11. The number of hydrogen-bond donors (Lipinski definition) is 2. The van der Waals surface area contributed by atoms with Crippen molar-refractivity contribution in [3.8, 4) is 16.9 Å². The number of phenolic OH excluding ortho intramolecular Hbond substituents is 1. The summed E-state index contributed by atoms with van der Waals surface area (Å²) in [5, 5.41) is 20.0. The minimum atomic E-state index is -1.13. The number of carbonyl (C=O) groups is 1. The van der Waals surface area contributed by atoms with E-state index in [9.17, 15) is 15.0 Å². The summed E-state index contributed by atoms with van der Waals surface area (Å²) in [6.45, 7) is 14.7. The van der Waals surface area contributed by atoms with E-state index in [0.717, 1.165) is 24.0 Å². The van der Waals surface area contributed by atoms with Gasteiger partial charge in [0.05, 0.1) is 5.57 Å². The van der Waals surface area contributed by atoms with Crippen LogP contribution < -0.4 is 0 Å². The number of aryl methyl sites for hydroxylation is 1. The predicted octanol–water partition coefficient (Wildman–Crippen LogP) is 5.81. The molecule has 0 spiro atoms. The molecule has 0 atom stereocenters. The molecular weight excluding hydrogens is 336 g/mol. The monoisotopic (exact) mass is 364 g/mol. The van der Waals surface area contributed by atoms with Gasteiger partial charge in [-0.25, -0.2) is 4.79 Å². The van der Waals surface area contributed by atoms with Gasteiger partial charge < -0.3 is 10.2 Å². The highest BCUT2D eigenvalue weighted by Crippen LogP contribution is 2.48. The molecule has 0 radical (unpaired) electrons. The molecular formula is C24H28O3. The average Bonchev–Trinajstić information content (AvgIpc) is 2.58. The van der Waals surface area contributed by atoms with Crippen molar-refractivity contribution in [2.24, 2.45) is 0 Å². The number of carboxylic acid groups (broad SMARTS) is 1. The lowest BCUT2D eigenvalue weighted by Crippen LogP contribution is -2.34. The fourth-order valence-corrected chi connectivity index (χ4v) is 4.13. The lowest BCUT2D eigenvalue weighted by atomic mass is 9.62. The first-order chi connectivity index (χ1) is 12.5. The molecule has 3 rings (SSSR count). The number of benzene rings is 2. The molecule has 2 N–H and O–H groups in total. The van der Waals surface area contributed by atoms with Crippen LogP contribution in [0.25, 0.3) is 16.7 Å². The van der Waals surface area contributed by atoms with Crippen molar-refractivity contribution in [1.29, 1.82) is 0 Å². The summed E-state index contributed by atoms with van der Waals surface area (Å²) in [7, 11) is 0. The number of phenols is 1. The lowest BCUT2D eigenvalue weighted by Gasteiger charge is -2.42. The fraction of sp³-hybridized carbons (Fsp3) is 0.375. The molecule has 0 aromatic heterocycles. The van der Waals surface area contributed by atoms with Crippen LogP contribution >= 0.6 is 0 Å². The van der Waals surface area contributed by atoms with Crippen molar-refractivity contribution >= 4 is 11.5 Å². The van der Waals surface area contributed by atoms with Gasteiger partial charge in [-0.3, -0.25) is 0 Å². The third-order valence-electron chi connectivity index (χ3n) is 6.11. The van der Waals surface area contributed by atoms with E-state index in [-0.39, 0.29) is 27.7 Å². The predicted molar refractivity (Wildman–Crippen MR) is 110 cm³/mol. The van der Waals surface area contributed by atoms with Gasteiger partial charge in [-0.15, -0.1) is 0 Å². The Morgan fingerprint density at radius 2 is 1.56 bits per heavy atom. The number of para-hydroxylation sites is 1. The van der Waals surface area contributed by atoms with Gasteiger partial charge >= 0.3 is 5.97 Å². The highest BCUT2D eigenvalue weighted by Gasteiger charge is 2.37. The van der Waals surface area contributed by atoms with Crippen molar-refractivity contribution in [3.05, 3.63) is 59.2 Å². The Labute approximate surface area is 161 Å². The topological polar surface area (TPSA) is 57.5 Å². The summed E-state index contributed by atoms with van der Waals surface area (Å²) in [6, 6.07) is 9.63. The molecule has 142 valence electrons. The molecule has 0 amide bonds. The van der Waals surface area contributed by atoms with Gasteiger partial charge in [-0.05, 0) is 58.9 Å². The van der Waals surface area contributed by atoms with E-state index in [1.807, 2.05) is 13.0 Å². The van der Waals surface area contributed by atoms with Crippen LogP contribution in [-0.2, 0) is 15.6 Å². The highest BCUT2D eigenvalue weighted by molar-refractivity contribution is 6.15. The van der Waals surface area contributed by atoms with Crippen LogP contribution in [0.3, 0.4) is 0 Å². The molecule has 0 saturated carbocycles. The number of fused-ring (bicyclic) bond motifs is 1. The van der Waals surface area contributed by atoms with Gasteiger partial charge in [0.25, 0.3) is 0 Å². The zero-order valence-electron chi connectivity index (χ0n) is 16.8. The van der Waals surface area contributed by atoms with E-state index in [2.05, 4.69) is 46.4 Å². The van der Waals surface area contributed by atoms with Gasteiger partial charge in [-0.1, -0.05) is 58.5 Å². The van der Waals surface area contributed by atoms with Crippen LogP contribution in [0.15, 0.2) is 36.9 Å². The standard InChI is InChI=1S/C24H28O3/c1-14-12-19-20(24(5,6)11-10-23(19,3)4)13-18(14)17-9-7-8-16(21(17)25)15(2)22(26)27/h7-9,12-13,25H,2,10-11H2,1,3-6H3,(H,26,27). The van der Waals surface area contributed by atoms with Crippen LogP contribution in [0.4, 0.5) is 0 Å². The van der Waals surface area contributed by atoms with Crippen molar-refractivity contribution < 1.29 is 15.0 Å². The minimum Gasteiger partial charge on any atom is -0.507 e.